The van der Waals surface area contributed by atoms with Gasteiger partial charge < -0.3 is 15.5 Å². The number of halogens is 1. The fraction of sp³-hybridized carbons (Fsp3) is 0.400. The molecule has 1 atom stereocenters. The molecule has 1 unspecified atom stereocenters. The molecule has 1 aliphatic heterocycles. The molecule has 1 aromatic carbocycles. The summed E-state index contributed by atoms with van der Waals surface area (Å²) < 4.78 is 0. The lowest BCUT2D eigenvalue weighted by Gasteiger charge is -2.20. The highest BCUT2D eigenvalue weighted by atomic mass is 127. The van der Waals surface area contributed by atoms with E-state index in [1.54, 1.807) is 0 Å². The number of nitrogens with zero attached hydrogens (tertiary/aromatic N) is 3. The van der Waals surface area contributed by atoms with E-state index in [1.165, 1.54) is 11.3 Å². The first-order chi connectivity index (χ1) is 12.1. The molecule has 0 saturated carbocycles. The van der Waals surface area contributed by atoms with Crippen LogP contribution in [0.25, 0.3) is 0 Å². The summed E-state index contributed by atoms with van der Waals surface area (Å²) in [6.07, 6.45) is 1.11. The van der Waals surface area contributed by atoms with Gasteiger partial charge in [0.2, 0.25) is 0 Å². The van der Waals surface area contributed by atoms with Gasteiger partial charge in [0, 0.05) is 37.6 Å². The number of benzene rings is 1. The van der Waals surface area contributed by atoms with Crippen molar-refractivity contribution in [3.63, 3.8) is 0 Å². The minimum absolute atomic E-state index is 0. The van der Waals surface area contributed by atoms with Crippen molar-refractivity contribution in [1.82, 2.24) is 15.6 Å². The zero-order valence-corrected chi connectivity index (χ0v) is 18.0. The predicted octanol–water partition coefficient (Wildman–Crippen LogP) is 3.26. The molecule has 140 valence electrons. The average molecular weight is 465 g/mol. The van der Waals surface area contributed by atoms with Crippen LogP contribution in [0.1, 0.15) is 23.4 Å². The first kappa shape index (κ1) is 20.5. The van der Waals surface area contributed by atoms with E-state index in [1.807, 2.05) is 32.2 Å². The molecule has 2 N–H and O–H groups in total. The van der Waals surface area contributed by atoms with Crippen molar-refractivity contribution in [2.75, 3.05) is 25.0 Å². The van der Waals surface area contributed by atoms with Gasteiger partial charge in [-0.3, -0.25) is 9.98 Å². The summed E-state index contributed by atoms with van der Waals surface area (Å²) in [6, 6.07) is 15.2. The predicted molar refractivity (Wildman–Crippen MR) is 120 cm³/mol. The van der Waals surface area contributed by atoms with Crippen LogP contribution in [0, 0.1) is 13.8 Å². The number of anilines is 1. The van der Waals surface area contributed by atoms with Gasteiger partial charge in [0.15, 0.2) is 5.96 Å². The van der Waals surface area contributed by atoms with Crippen molar-refractivity contribution in [2.24, 2.45) is 4.99 Å². The topological polar surface area (TPSA) is 52.6 Å². The van der Waals surface area contributed by atoms with Gasteiger partial charge in [-0.1, -0.05) is 23.8 Å². The Labute approximate surface area is 173 Å². The van der Waals surface area contributed by atoms with Crippen LogP contribution in [0.2, 0.25) is 0 Å². The van der Waals surface area contributed by atoms with Crippen LogP contribution in [0.4, 0.5) is 5.69 Å². The molecular weight excluding hydrogens is 437 g/mol. The Bertz CT molecular complexity index is 729. The Balaban J connectivity index is 0.00000243. The SMILES string of the molecule is CN=C(NCc1cccc(C)n1)NC1CCN(c2ccc(C)cc2)C1.I. The minimum Gasteiger partial charge on any atom is -0.369 e. The Kier molecular flexibility index (Phi) is 7.68. The second-order valence-corrected chi connectivity index (χ2v) is 6.61. The van der Waals surface area contributed by atoms with Crippen molar-refractivity contribution < 1.29 is 0 Å². The molecule has 0 amide bonds. The van der Waals surface area contributed by atoms with E-state index in [4.69, 9.17) is 0 Å². The molecule has 5 nitrogen and oxygen atoms in total. The number of aromatic nitrogens is 1. The number of aliphatic imine (C=N–C) groups is 1. The van der Waals surface area contributed by atoms with Crippen LogP contribution in [0.3, 0.4) is 0 Å². The zero-order chi connectivity index (χ0) is 17.6. The summed E-state index contributed by atoms with van der Waals surface area (Å²) >= 11 is 0. The van der Waals surface area contributed by atoms with Crippen molar-refractivity contribution in [3.8, 4) is 0 Å². The maximum absolute atomic E-state index is 4.52. The Hall–Kier alpha value is -1.83. The highest BCUT2D eigenvalue weighted by Gasteiger charge is 2.23. The lowest BCUT2D eigenvalue weighted by atomic mass is 10.2. The Morgan fingerprint density at radius 2 is 1.96 bits per heavy atom. The van der Waals surface area contributed by atoms with E-state index in [2.05, 4.69) is 56.7 Å². The van der Waals surface area contributed by atoms with Crippen LogP contribution in [-0.4, -0.2) is 37.1 Å². The second-order valence-electron chi connectivity index (χ2n) is 6.61. The molecular formula is C20H28IN5. The fourth-order valence-electron chi connectivity index (χ4n) is 3.13. The number of rotatable bonds is 4. The van der Waals surface area contributed by atoms with Crippen molar-refractivity contribution in [3.05, 3.63) is 59.4 Å². The van der Waals surface area contributed by atoms with Gasteiger partial charge in [-0.15, -0.1) is 24.0 Å². The maximum atomic E-state index is 4.52. The lowest BCUT2D eigenvalue weighted by molar-refractivity contribution is 0.647. The number of nitrogens with one attached hydrogen (secondary N) is 2. The number of guanidine groups is 1. The van der Waals surface area contributed by atoms with Crippen LogP contribution in [-0.2, 0) is 6.54 Å². The smallest absolute Gasteiger partial charge is 0.191 e. The third-order valence-corrected chi connectivity index (χ3v) is 4.53. The van der Waals surface area contributed by atoms with Gasteiger partial charge in [0.05, 0.1) is 12.2 Å². The number of hydrogen-bond acceptors (Lipinski definition) is 3. The molecule has 1 fully saturated rings. The molecule has 0 bridgehead atoms. The van der Waals surface area contributed by atoms with Gasteiger partial charge in [-0.2, -0.15) is 0 Å². The molecule has 1 saturated heterocycles. The van der Waals surface area contributed by atoms with Gasteiger partial charge in [0.25, 0.3) is 0 Å². The van der Waals surface area contributed by atoms with Crippen LogP contribution in [0.5, 0.6) is 0 Å². The van der Waals surface area contributed by atoms with E-state index >= 15 is 0 Å². The molecule has 6 heteroatoms. The second kappa shape index (κ2) is 9.75. The summed E-state index contributed by atoms with van der Waals surface area (Å²) in [5, 5.41) is 6.89. The zero-order valence-electron chi connectivity index (χ0n) is 15.7. The molecule has 0 radical (unpaired) electrons. The monoisotopic (exact) mass is 465 g/mol. The highest BCUT2D eigenvalue weighted by Crippen LogP contribution is 2.20. The highest BCUT2D eigenvalue weighted by molar-refractivity contribution is 14.0. The lowest BCUT2D eigenvalue weighted by Crippen LogP contribution is -2.44. The molecule has 1 aromatic heterocycles. The molecule has 26 heavy (non-hydrogen) atoms. The normalized spacial score (nSPS) is 17.0. The maximum Gasteiger partial charge on any atom is 0.191 e. The summed E-state index contributed by atoms with van der Waals surface area (Å²) in [4.78, 5) is 11.3. The molecule has 2 heterocycles. The molecule has 0 spiro atoms. The van der Waals surface area contributed by atoms with Gasteiger partial charge in [-0.05, 0) is 44.5 Å². The van der Waals surface area contributed by atoms with Gasteiger partial charge in [-0.25, -0.2) is 0 Å². The third-order valence-electron chi connectivity index (χ3n) is 4.53. The van der Waals surface area contributed by atoms with Gasteiger partial charge in [0.1, 0.15) is 0 Å². The minimum atomic E-state index is 0. The standard InChI is InChI=1S/C20H27N5.HI/c1-15-7-9-19(10-8-15)25-12-11-18(14-25)24-20(21-3)22-13-17-6-4-5-16(2)23-17;/h4-10,18H,11-14H2,1-3H3,(H2,21,22,24);1H. The number of pyridine rings is 1. The Morgan fingerprint density at radius 3 is 2.65 bits per heavy atom. The average Bonchev–Trinajstić information content (AvgIpc) is 3.08. The van der Waals surface area contributed by atoms with E-state index in [0.717, 1.165) is 36.9 Å². The number of hydrogen-bond donors (Lipinski definition) is 2. The molecule has 1 aliphatic rings. The molecule has 2 aromatic rings. The van der Waals surface area contributed by atoms with Crippen LogP contribution >= 0.6 is 24.0 Å². The molecule has 3 rings (SSSR count). The van der Waals surface area contributed by atoms with Crippen molar-refractivity contribution in [2.45, 2.75) is 32.9 Å². The van der Waals surface area contributed by atoms with Crippen LogP contribution < -0.4 is 15.5 Å². The van der Waals surface area contributed by atoms with E-state index < -0.39 is 0 Å². The summed E-state index contributed by atoms with van der Waals surface area (Å²) in [5.74, 6) is 0.832. The van der Waals surface area contributed by atoms with Crippen LogP contribution in [0.15, 0.2) is 47.5 Å². The third kappa shape index (κ3) is 5.59. The first-order valence-electron chi connectivity index (χ1n) is 8.85. The first-order valence-corrected chi connectivity index (χ1v) is 8.85. The quantitative estimate of drug-likeness (QED) is 0.414. The Morgan fingerprint density at radius 1 is 1.19 bits per heavy atom. The van der Waals surface area contributed by atoms with E-state index in [9.17, 15) is 0 Å². The fourth-order valence-corrected chi connectivity index (χ4v) is 3.13. The summed E-state index contributed by atoms with van der Waals surface area (Å²) in [7, 11) is 1.81. The largest absolute Gasteiger partial charge is 0.369 e. The van der Waals surface area contributed by atoms with Crippen molar-refractivity contribution in [1.29, 1.82) is 0 Å². The summed E-state index contributed by atoms with van der Waals surface area (Å²) in [6.45, 7) is 6.87. The van der Waals surface area contributed by atoms with E-state index in [0.29, 0.717) is 12.6 Å². The molecule has 0 aliphatic carbocycles. The van der Waals surface area contributed by atoms with Crippen molar-refractivity contribution >= 4 is 35.6 Å². The van der Waals surface area contributed by atoms with Gasteiger partial charge >= 0.3 is 0 Å². The van der Waals surface area contributed by atoms with E-state index in [-0.39, 0.29) is 24.0 Å². The summed E-state index contributed by atoms with van der Waals surface area (Å²) in [5.41, 5.74) is 4.65. The number of aryl methyl sites for hydroxylation is 2.